The lowest BCUT2D eigenvalue weighted by Crippen LogP contribution is -2.32. The third kappa shape index (κ3) is 5.10. The summed E-state index contributed by atoms with van der Waals surface area (Å²) in [7, 11) is 0. The van der Waals surface area contributed by atoms with Crippen LogP contribution in [-0.4, -0.2) is 23.1 Å². The van der Waals surface area contributed by atoms with Crippen molar-refractivity contribution in [3.05, 3.63) is 46.7 Å². The van der Waals surface area contributed by atoms with E-state index in [0.717, 1.165) is 5.56 Å². The number of amides is 1. The molecule has 2 aromatic rings. The van der Waals surface area contributed by atoms with E-state index in [1.807, 2.05) is 0 Å². The summed E-state index contributed by atoms with van der Waals surface area (Å²) in [4.78, 5) is 24.1. The zero-order chi connectivity index (χ0) is 16.8. The number of carbonyl (C=O) groups is 2. The van der Waals surface area contributed by atoms with Gasteiger partial charge in [-0.3, -0.25) is 9.59 Å². The molecule has 2 rings (SSSR count). The van der Waals surface area contributed by atoms with Gasteiger partial charge in [0.2, 0.25) is 0 Å². The highest BCUT2D eigenvalue weighted by atomic mass is 35.5. The zero-order valence-electron chi connectivity index (χ0n) is 12.8. The number of aryl methyl sites for hydroxylation is 1. The van der Waals surface area contributed by atoms with Gasteiger partial charge in [-0.25, -0.2) is 0 Å². The van der Waals surface area contributed by atoms with Crippen LogP contribution in [-0.2, 0) is 20.7 Å². The van der Waals surface area contributed by atoms with Crippen LogP contribution in [0.25, 0.3) is 0 Å². The molecule has 6 nitrogen and oxygen atoms in total. The molecular weight excluding hydrogens is 320 g/mol. The first kappa shape index (κ1) is 17.0. The summed E-state index contributed by atoms with van der Waals surface area (Å²) in [6, 6.07) is 8.45. The fourth-order valence-electron chi connectivity index (χ4n) is 1.92. The maximum atomic E-state index is 12.1. The van der Waals surface area contributed by atoms with Crippen molar-refractivity contribution < 1.29 is 18.8 Å². The molecule has 1 N–H and O–H groups in total. The Kier molecular flexibility index (Phi) is 5.76. The van der Waals surface area contributed by atoms with Crippen molar-refractivity contribution in [3.63, 3.8) is 0 Å². The molecule has 1 aromatic carbocycles. The van der Waals surface area contributed by atoms with E-state index < -0.39 is 18.0 Å². The number of nitrogens with one attached hydrogen (secondary N) is 1. The number of nitrogens with zero attached hydrogens (tertiary/aromatic N) is 1. The Balaban J connectivity index is 1.91. The van der Waals surface area contributed by atoms with E-state index in [4.69, 9.17) is 20.9 Å². The first-order chi connectivity index (χ1) is 11.0. The van der Waals surface area contributed by atoms with Crippen molar-refractivity contribution in [1.29, 1.82) is 0 Å². The lowest BCUT2D eigenvalue weighted by molar-refractivity contribution is -0.153. The molecule has 0 saturated carbocycles. The third-order valence-electron chi connectivity index (χ3n) is 3.08. The van der Waals surface area contributed by atoms with Crippen molar-refractivity contribution in [3.8, 4) is 0 Å². The molecule has 1 unspecified atom stereocenters. The first-order valence-electron chi connectivity index (χ1n) is 7.16. The van der Waals surface area contributed by atoms with E-state index in [2.05, 4.69) is 10.5 Å². The number of esters is 1. The quantitative estimate of drug-likeness (QED) is 0.819. The molecule has 0 aliphatic carbocycles. The average molecular weight is 337 g/mol. The molecule has 0 radical (unpaired) electrons. The molecule has 0 bridgehead atoms. The van der Waals surface area contributed by atoms with Gasteiger partial charge in [0.1, 0.15) is 5.76 Å². The van der Waals surface area contributed by atoms with Crippen LogP contribution in [0.15, 0.2) is 34.9 Å². The molecule has 0 aliphatic rings. The van der Waals surface area contributed by atoms with Gasteiger partial charge in [0, 0.05) is 11.1 Å². The van der Waals surface area contributed by atoms with Gasteiger partial charge in [0.05, 0.1) is 6.42 Å². The molecule has 1 heterocycles. The highest BCUT2D eigenvalue weighted by molar-refractivity contribution is 6.30. The number of hydrogen-bond donors (Lipinski definition) is 1. The van der Waals surface area contributed by atoms with E-state index >= 15 is 0 Å². The minimum atomic E-state index is -0.883. The lowest BCUT2D eigenvalue weighted by atomic mass is 10.1. The minimum absolute atomic E-state index is 0.0734. The summed E-state index contributed by atoms with van der Waals surface area (Å²) >= 11 is 5.79. The molecule has 0 spiro atoms. The fourth-order valence-corrected chi connectivity index (χ4v) is 2.05. The zero-order valence-corrected chi connectivity index (χ0v) is 13.6. The van der Waals surface area contributed by atoms with Crippen LogP contribution >= 0.6 is 11.6 Å². The topological polar surface area (TPSA) is 81.4 Å². The van der Waals surface area contributed by atoms with Gasteiger partial charge in [-0.15, -0.1) is 0 Å². The summed E-state index contributed by atoms with van der Waals surface area (Å²) < 4.78 is 10.1. The van der Waals surface area contributed by atoms with E-state index in [1.54, 1.807) is 44.2 Å². The molecule has 0 aliphatic heterocycles. The number of benzene rings is 1. The monoisotopic (exact) mass is 336 g/mol. The molecule has 1 aromatic heterocycles. The molecule has 122 valence electrons. The van der Waals surface area contributed by atoms with Crippen LogP contribution in [0.3, 0.4) is 0 Å². The van der Waals surface area contributed by atoms with Gasteiger partial charge >= 0.3 is 5.97 Å². The standard InChI is InChI=1S/C16H17ClN2O4/c1-3-13(16(21)18-14-8-10(2)23-19-14)22-15(20)9-11-4-6-12(17)7-5-11/h4-8,13H,3,9H2,1-2H3,(H,18,19,21). The second kappa shape index (κ2) is 7.78. The number of halogens is 1. The predicted molar refractivity (Wildman–Crippen MR) is 85.2 cm³/mol. The van der Waals surface area contributed by atoms with E-state index in [9.17, 15) is 9.59 Å². The van der Waals surface area contributed by atoms with Gasteiger partial charge in [0.25, 0.3) is 5.91 Å². The van der Waals surface area contributed by atoms with Gasteiger partial charge in [-0.05, 0) is 31.0 Å². The molecular formula is C16H17ClN2O4. The van der Waals surface area contributed by atoms with Crippen molar-refractivity contribution in [1.82, 2.24) is 5.16 Å². The molecule has 1 atom stereocenters. The summed E-state index contributed by atoms with van der Waals surface area (Å²) in [5.74, 6) is -0.0521. The summed E-state index contributed by atoms with van der Waals surface area (Å²) in [6.07, 6.45) is -0.453. The number of ether oxygens (including phenoxy) is 1. The second-order valence-corrected chi connectivity index (χ2v) is 5.44. The van der Waals surface area contributed by atoms with Crippen LogP contribution in [0.5, 0.6) is 0 Å². The maximum Gasteiger partial charge on any atom is 0.311 e. The Morgan fingerprint density at radius 1 is 1.35 bits per heavy atom. The van der Waals surface area contributed by atoms with E-state index in [1.165, 1.54) is 0 Å². The van der Waals surface area contributed by atoms with Crippen molar-refractivity contribution >= 4 is 29.3 Å². The Morgan fingerprint density at radius 3 is 2.61 bits per heavy atom. The van der Waals surface area contributed by atoms with Crippen molar-refractivity contribution in [2.45, 2.75) is 32.8 Å². The summed E-state index contributed by atoms with van der Waals surface area (Å²) in [6.45, 7) is 3.47. The SMILES string of the molecule is CCC(OC(=O)Cc1ccc(Cl)cc1)C(=O)Nc1cc(C)on1. The normalized spacial score (nSPS) is 11.8. The van der Waals surface area contributed by atoms with Crippen LogP contribution in [0.2, 0.25) is 5.02 Å². The number of carbonyl (C=O) groups excluding carboxylic acids is 2. The second-order valence-electron chi connectivity index (χ2n) is 5.00. The van der Waals surface area contributed by atoms with Crippen LogP contribution in [0.1, 0.15) is 24.7 Å². The van der Waals surface area contributed by atoms with Crippen LogP contribution in [0, 0.1) is 6.92 Å². The summed E-state index contributed by atoms with van der Waals surface area (Å²) in [5.41, 5.74) is 0.766. The number of rotatable bonds is 6. The largest absolute Gasteiger partial charge is 0.452 e. The molecule has 1 amide bonds. The Bertz CT molecular complexity index is 682. The maximum absolute atomic E-state index is 12.1. The first-order valence-corrected chi connectivity index (χ1v) is 7.54. The van der Waals surface area contributed by atoms with Crippen LogP contribution in [0.4, 0.5) is 5.82 Å². The highest BCUT2D eigenvalue weighted by Gasteiger charge is 2.22. The van der Waals surface area contributed by atoms with Crippen molar-refractivity contribution in [2.24, 2.45) is 0 Å². The molecule has 7 heteroatoms. The number of anilines is 1. The summed E-state index contributed by atoms with van der Waals surface area (Å²) in [5, 5.41) is 6.81. The molecule has 23 heavy (non-hydrogen) atoms. The number of aromatic nitrogens is 1. The average Bonchev–Trinajstić information content (AvgIpc) is 2.92. The van der Waals surface area contributed by atoms with Crippen molar-refractivity contribution in [2.75, 3.05) is 5.32 Å². The smallest absolute Gasteiger partial charge is 0.311 e. The predicted octanol–water partition coefficient (Wildman–Crippen LogP) is 3.14. The van der Waals surface area contributed by atoms with E-state index in [-0.39, 0.29) is 6.42 Å². The number of hydrogen-bond acceptors (Lipinski definition) is 5. The van der Waals surface area contributed by atoms with Gasteiger partial charge < -0.3 is 14.6 Å². The molecule has 0 fully saturated rings. The third-order valence-corrected chi connectivity index (χ3v) is 3.33. The minimum Gasteiger partial charge on any atom is -0.452 e. The Hall–Kier alpha value is -2.34. The van der Waals surface area contributed by atoms with E-state index in [0.29, 0.717) is 23.0 Å². The van der Waals surface area contributed by atoms with Gasteiger partial charge in [0.15, 0.2) is 11.9 Å². The Labute approximate surface area is 138 Å². The lowest BCUT2D eigenvalue weighted by Gasteiger charge is -2.15. The Morgan fingerprint density at radius 2 is 2.04 bits per heavy atom. The van der Waals surface area contributed by atoms with Gasteiger partial charge in [-0.1, -0.05) is 35.8 Å². The van der Waals surface area contributed by atoms with Crippen LogP contribution < -0.4 is 5.32 Å². The molecule has 0 saturated heterocycles. The fraction of sp³-hybridized carbons (Fsp3) is 0.312. The highest BCUT2D eigenvalue weighted by Crippen LogP contribution is 2.12. The van der Waals surface area contributed by atoms with Gasteiger partial charge in [-0.2, -0.15) is 0 Å².